The summed E-state index contributed by atoms with van der Waals surface area (Å²) in [4.78, 5) is 0. The molecule has 0 aromatic heterocycles. The molecule has 0 spiro atoms. The van der Waals surface area contributed by atoms with E-state index in [1.54, 1.807) is 0 Å². The average molecular weight is 276 g/mol. The molecule has 0 radical (unpaired) electrons. The van der Waals surface area contributed by atoms with Gasteiger partial charge in [0.2, 0.25) is 0 Å². The van der Waals surface area contributed by atoms with Crippen molar-refractivity contribution in [2.24, 2.45) is 5.92 Å². The molecule has 20 heavy (non-hydrogen) atoms. The SMILES string of the molecule is C/C(=C\CCC(C)C)C1=CC=C(C2OCCCO2)CC1. The van der Waals surface area contributed by atoms with Crippen LogP contribution in [0, 0.1) is 5.92 Å². The molecule has 0 bridgehead atoms. The van der Waals surface area contributed by atoms with Crippen LogP contribution in [0.25, 0.3) is 0 Å². The van der Waals surface area contributed by atoms with Crippen molar-refractivity contribution in [3.8, 4) is 0 Å². The maximum absolute atomic E-state index is 5.67. The Labute approximate surface area is 123 Å². The first-order valence-corrected chi connectivity index (χ1v) is 7.97. The van der Waals surface area contributed by atoms with E-state index >= 15 is 0 Å². The van der Waals surface area contributed by atoms with Crippen molar-refractivity contribution in [1.29, 1.82) is 0 Å². The van der Waals surface area contributed by atoms with E-state index in [0.717, 1.165) is 38.4 Å². The fourth-order valence-corrected chi connectivity index (χ4v) is 2.64. The standard InChI is InChI=1S/C18H28O2/c1-14(2)6-4-7-15(3)16-8-10-17(11-9-16)18-19-12-5-13-20-18/h7-8,10,14,18H,4-6,9,11-13H2,1-3H3/b15-7+. The highest BCUT2D eigenvalue weighted by Gasteiger charge is 2.20. The number of hydrogen-bond acceptors (Lipinski definition) is 2. The van der Waals surface area contributed by atoms with Crippen molar-refractivity contribution in [2.75, 3.05) is 13.2 Å². The third-order valence-corrected chi connectivity index (χ3v) is 4.01. The predicted octanol–water partition coefficient (Wildman–Crippen LogP) is 4.78. The van der Waals surface area contributed by atoms with Crippen LogP contribution in [-0.4, -0.2) is 19.5 Å². The van der Waals surface area contributed by atoms with Crippen LogP contribution in [0.4, 0.5) is 0 Å². The van der Waals surface area contributed by atoms with Gasteiger partial charge in [-0.15, -0.1) is 0 Å². The fraction of sp³-hybridized carbons (Fsp3) is 0.667. The quantitative estimate of drug-likeness (QED) is 0.719. The topological polar surface area (TPSA) is 18.5 Å². The van der Waals surface area contributed by atoms with Gasteiger partial charge in [-0.05, 0) is 56.1 Å². The van der Waals surface area contributed by atoms with Gasteiger partial charge in [-0.3, -0.25) is 0 Å². The molecule has 0 amide bonds. The zero-order valence-electron chi connectivity index (χ0n) is 13.2. The van der Waals surface area contributed by atoms with Crippen molar-refractivity contribution in [2.45, 2.75) is 59.2 Å². The first-order valence-electron chi connectivity index (χ1n) is 7.97. The summed E-state index contributed by atoms with van der Waals surface area (Å²) < 4.78 is 11.3. The Bertz CT molecular complexity index is 396. The Kier molecular flexibility index (Phi) is 6.06. The van der Waals surface area contributed by atoms with Crippen LogP contribution >= 0.6 is 0 Å². The molecule has 0 aromatic rings. The second-order valence-electron chi connectivity index (χ2n) is 6.22. The summed E-state index contributed by atoms with van der Waals surface area (Å²) in [6.45, 7) is 8.45. The van der Waals surface area contributed by atoms with Gasteiger partial charge in [-0.25, -0.2) is 0 Å². The van der Waals surface area contributed by atoms with Gasteiger partial charge >= 0.3 is 0 Å². The summed E-state index contributed by atoms with van der Waals surface area (Å²) in [7, 11) is 0. The van der Waals surface area contributed by atoms with Gasteiger partial charge in [0.25, 0.3) is 0 Å². The lowest BCUT2D eigenvalue weighted by molar-refractivity contribution is -0.157. The molecular formula is C18H28O2. The van der Waals surface area contributed by atoms with E-state index in [2.05, 4.69) is 39.0 Å². The molecule has 1 heterocycles. The van der Waals surface area contributed by atoms with E-state index in [1.807, 2.05) is 0 Å². The summed E-state index contributed by atoms with van der Waals surface area (Å²) >= 11 is 0. The highest BCUT2D eigenvalue weighted by Crippen LogP contribution is 2.28. The van der Waals surface area contributed by atoms with Crippen molar-refractivity contribution in [1.82, 2.24) is 0 Å². The van der Waals surface area contributed by atoms with Crippen LogP contribution in [-0.2, 0) is 9.47 Å². The first-order chi connectivity index (χ1) is 9.66. The van der Waals surface area contributed by atoms with Crippen molar-refractivity contribution in [3.05, 3.63) is 34.9 Å². The van der Waals surface area contributed by atoms with E-state index in [9.17, 15) is 0 Å². The van der Waals surface area contributed by atoms with E-state index in [1.165, 1.54) is 29.6 Å². The highest BCUT2D eigenvalue weighted by molar-refractivity contribution is 5.37. The lowest BCUT2D eigenvalue weighted by Gasteiger charge is -2.27. The molecule has 1 aliphatic heterocycles. The maximum atomic E-state index is 5.67. The van der Waals surface area contributed by atoms with Crippen molar-refractivity contribution >= 4 is 0 Å². The molecule has 2 rings (SSSR count). The van der Waals surface area contributed by atoms with Gasteiger partial charge in [0.1, 0.15) is 0 Å². The number of hydrogen-bond donors (Lipinski definition) is 0. The molecule has 0 atom stereocenters. The Hall–Kier alpha value is -0.860. The van der Waals surface area contributed by atoms with Gasteiger partial charge in [0.15, 0.2) is 6.29 Å². The summed E-state index contributed by atoms with van der Waals surface area (Å²) in [5, 5.41) is 0. The fourth-order valence-electron chi connectivity index (χ4n) is 2.64. The molecule has 2 aliphatic rings. The van der Waals surface area contributed by atoms with Crippen LogP contribution < -0.4 is 0 Å². The Morgan fingerprint density at radius 3 is 2.60 bits per heavy atom. The van der Waals surface area contributed by atoms with E-state index in [-0.39, 0.29) is 6.29 Å². The minimum atomic E-state index is -0.0909. The Morgan fingerprint density at radius 2 is 2.00 bits per heavy atom. The van der Waals surface area contributed by atoms with Gasteiger partial charge in [-0.2, -0.15) is 0 Å². The minimum Gasteiger partial charge on any atom is -0.349 e. The Morgan fingerprint density at radius 1 is 1.25 bits per heavy atom. The molecule has 1 aliphatic carbocycles. The van der Waals surface area contributed by atoms with Crippen LogP contribution in [0.3, 0.4) is 0 Å². The summed E-state index contributed by atoms with van der Waals surface area (Å²) in [6.07, 6.45) is 12.4. The Balaban J connectivity index is 1.91. The molecule has 112 valence electrons. The molecule has 1 saturated heterocycles. The normalized spacial score (nSPS) is 21.9. The smallest absolute Gasteiger partial charge is 0.180 e. The van der Waals surface area contributed by atoms with Crippen molar-refractivity contribution < 1.29 is 9.47 Å². The zero-order chi connectivity index (χ0) is 14.4. The van der Waals surface area contributed by atoms with E-state index < -0.39 is 0 Å². The largest absolute Gasteiger partial charge is 0.349 e. The molecule has 1 fully saturated rings. The van der Waals surface area contributed by atoms with Gasteiger partial charge in [0, 0.05) is 0 Å². The molecule has 2 heteroatoms. The highest BCUT2D eigenvalue weighted by atomic mass is 16.7. The monoisotopic (exact) mass is 276 g/mol. The molecule has 0 N–H and O–H groups in total. The van der Waals surface area contributed by atoms with Crippen molar-refractivity contribution in [3.63, 3.8) is 0 Å². The molecule has 2 nitrogen and oxygen atoms in total. The van der Waals surface area contributed by atoms with Crippen LogP contribution in [0.2, 0.25) is 0 Å². The zero-order valence-corrected chi connectivity index (χ0v) is 13.2. The summed E-state index contributed by atoms with van der Waals surface area (Å²) in [5.74, 6) is 0.784. The number of rotatable bonds is 5. The van der Waals surface area contributed by atoms with Gasteiger partial charge in [0.05, 0.1) is 13.2 Å². The predicted molar refractivity (Wildman–Crippen MR) is 83.5 cm³/mol. The summed E-state index contributed by atoms with van der Waals surface area (Å²) in [6, 6.07) is 0. The van der Waals surface area contributed by atoms with Crippen LogP contribution in [0.5, 0.6) is 0 Å². The van der Waals surface area contributed by atoms with E-state index in [0.29, 0.717) is 0 Å². The third kappa shape index (κ3) is 4.60. The molecular weight excluding hydrogens is 248 g/mol. The third-order valence-electron chi connectivity index (χ3n) is 4.01. The second-order valence-corrected chi connectivity index (χ2v) is 6.22. The van der Waals surface area contributed by atoms with Crippen LogP contribution in [0.15, 0.2) is 34.9 Å². The molecule has 0 unspecified atom stereocenters. The number of allylic oxidation sites excluding steroid dienone is 5. The lowest BCUT2D eigenvalue weighted by Crippen LogP contribution is -2.27. The van der Waals surface area contributed by atoms with Crippen LogP contribution in [0.1, 0.15) is 52.9 Å². The van der Waals surface area contributed by atoms with Gasteiger partial charge in [-0.1, -0.05) is 37.6 Å². The molecule has 0 aromatic carbocycles. The maximum Gasteiger partial charge on any atom is 0.180 e. The first kappa shape index (κ1) is 15.5. The molecule has 0 saturated carbocycles. The second kappa shape index (κ2) is 7.80. The number of ether oxygens (including phenoxy) is 2. The average Bonchev–Trinajstić information content (AvgIpc) is 2.48. The lowest BCUT2D eigenvalue weighted by atomic mass is 9.92. The van der Waals surface area contributed by atoms with Gasteiger partial charge < -0.3 is 9.47 Å². The summed E-state index contributed by atoms with van der Waals surface area (Å²) in [5.41, 5.74) is 4.20. The van der Waals surface area contributed by atoms with E-state index in [4.69, 9.17) is 9.47 Å². The minimum absolute atomic E-state index is 0.0909.